The van der Waals surface area contributed by atoms with Crippen LogP contribution in [0.1, 0.15) is 16.1 Å². The minimum atomic E-state index is -0.558. The summed E-state index contributed by atoms with van der Waals surface area (Å²) in [6, 6.07) is 18.9. The number of hydrogen-bond acceptors (Lipinski definition) is 7. The van der Waals surface area contributed by atoms with Gasteiger partial charge in [-0.25, -0.2) is 0 Å². The van der Waals surface area contributed by atoms with E-state index in [1.807, 2.05) is 0 Å². The van der Waals surface area contributed by atoms with Crippen LogP contribution in [0.2, 0.25) is 0 Å². The Balaban J connectivity index is 1.57. The number of rotatable bonds is 8. The zero-order valence-corrected chi connectivity index (χ0v) is 17.4. The molecular weight excluding hydrogens is 428 g/mol. The van der Waals surface area contributed by atoms with Crippen molar-refractivity contribution in [3.63, 3.8) is 0 Å². The molecule has 1 aromatic heterocycles. The van der Waals surface area contributed by atoms with Crippen molar-refractivity contribution >= 4 is 34.0 Å². The van der Waals surface area contributed by atoms with Crippen LogP contribution < -0.4 is 14.8 Å². The van der Waals surface area contributed by atoms with Gasteiger partial charge < -0.3 is 19.2 Å². The molecule has 0 aliphatic carbocycles. The van der Waals surface area contributed by atoms with Crippen LogP contribution in [0.4, 0.5) is 11.4 Å². The van der Waals surface area contributed by atoms with Crippen molar-refractivity contribution < 1.29 is 28.4 Å². The van der Waals surface area contributed by atoms with E-state index in [0.29, 0.717) is 22.3 Å². The Kier molecular flexibility index (Phi) is 6.03. The maximum Gasteiger partial charge on any atom is 0.273 e. The number of carbonyl (C=O) groups is 2. The highest BCUT2D eigenvalue weighted by molar-refractivity contribution is 6.17. The lowest BCUT2D eigenvalue weighted by Gasteiger charge is -2.08. The van der Waals surface area contributed by atoms with Crippen molar-refractivity contribution in [2.45, 2.75) is 0 Å². The molecule has 9 nitrogen and oxygen atoms in total. The number of carbonyl (C=O) groups excluding carboxylic acids is 2. The Hall–Kier alpha value is -4.66. The monoisotopic (exact) mass is 446 g/mol. The van der Waals surface area contributed by atoms with E-state index in [1.165, 1.54) is 31.4 Å². The summed E-state index contributed by atoms with van der Waals surface area (Å²) in [7, 11) is 1.53. The number of amides is 1. The second-order valence-electron chi connectivity index (χ2n) is 6.95. The van der Waals surface area contributed by atoms with Crippen LogP contribution in [-0.2, 0) is 4.79 Å². The molecule has 3 aromatic carbocycles. The van der Waals surface area contributed by atoms with E-state index in [1.54, 1.807) is 48.5 Å². The number of nitrogens with one attached hydrogen (secondary N) is 1. The van der Waals surface area contributed by atoms with Crippen LogP contribution in [0.3, 0.4) is 0 Å². The number of nitro benzene ring substituents is 1. The minimum absolute atomic E-state index is 0.0231. The fourth-order valence-electron chi connectivity index (χ4n) is 3.21. The van der Waals surface area contributed by atoms with Gasteiger partial charge in [0, 0.05) is 17.0 Å². The summed E-state index contributed by atoms with van der Waals surface area (Å²) in [5, 5.41) is 14.1. The normalized spacial score (nSPS) is 10.6. The van der Waals surface area contributed by atoms with Crippen molar-refractivity contribution in [2.75, 3.05) is 19.0 Å². The van der Waals surface area contributed by atoms with E-state index in [2.05, 4.69) is 5.32 Å². The maximum atomic E-state index is 13.1. The fraction of sp³-hybridized carbons (Fsp3) is 0.0833. The highest BCUT2D eigenvalue weighted by atomic mass is 16.6. The van der Waals surface area contributed by atoms with Crippen LogP contribution in [-0.4, -0.2) is 30.3 Å². The van der Waals surface area contributed by atoms with Gasteiger partial charge in [-0.15, -0.1) is 0 Å². The first kappa shape index (κ1) is 21.6. The van der Waals surface area contributed by atoms with E-state index >= 15 is 0 Å². The second-order valence-corrected chi connectivity index (χ2v) is 6.95. The Morgan fingerprint density at radius 2 is 1.76 bits per heavy atom. The SMILES string of the molecule is COc1ccc(C(=O)c2oc3ccccc3c2NC(=O)COc2cccc([N+](=O)[O-])c2)cc1. The quantitative estimate of drug-likeness (QED) is 0.238. The van der Waals surface area contributed by atoms with Crippen LogP contribution in [0.25, 0.3) is 11.0 Å². The standard InChI is InChI=1S/C24H18N2O7/c1-31-17-11-9-15(10-12-17)23(28)24-22(19-7-2-3-8-20(19)33-24)25-21(27)14-32-18-6-4-5-16(13-18)26(29)30/h2-13H,14H2,1H3,(H,25,27). The molecule has 1 amide bonds. The average Bonchev–Trinajstić information content (AvgIpc) is 3.20. The summed E-state index contributed by atoms with van der Waals surface area (Å²) in [5.41, 5.74) is 0.864. The van der Waals surface area contributed by atoms with E-state index in [4.69, 9.17) is 13.9 Å². The van der Waals surface area contributed by atoms with Gasteiger partial charge in [0.05, 0.1) is 23.8 Å². The van der Waals surface area contributed by atoms with E-state index in [9.17, 15) is 19.7 Å². The number of ketones is 1. The number of furan rings is 1. The molecule has 166 valence electrons. The predicted molar refractivity (Wildman–Crippen MR) is 120 cm³/mol. The lowest BCUT2D eigenvalue weighted by Crippen LogP contribution is -2.21. The van der Waals surface area contributed by atoms with E-state index in [-0.39, 0.29) is 22.9 Å². The highest BCUT2D eigenvalue weighted by Crippen LogP contribution is 2.33. The molecule has 0 fully saturated rings. The molecule has 33 heavy (non-hydrogen) atoms. The number of benzene rings is 3. The molecule has 0 aliphatic heterocycles. The number of methoxy groups -OCH3 is 1. The molecule has 0 saturated heterocycles. The molecule has 0 atom stereocenters. The van der Waals surface area contributed by atoms with Crippen LogP contribution in [0, 0.1) is 10.1 Å². The number of hydrogen-bond donors (Lipinski definition) is 1. The zero-order chi connectivity index (χ0) is 23.4. The van der Waals surface area contributed by atoms with Crippen LogP contribution in [0.15, 0.2) is 77.2 Å². The molecular formula is C24H18N2O7. The van der Waals surface area contributed by atoms with Gasteiger partial charge in [-0.2, -0.15) is 0 Å². The van der Waals surface area contributed by atoms with E-state index in [0.717, 1.165) is 0 Å². The molecule has 0 spiro atoms. The minimum Gasteiger partial charge on any atom is -0.497 e. The summed E-state index contributed by atoms with van der Waals surface area (Å²) in [4.78, 5) is 36.1. The summed E-state index contributed by atoms with van der Waals surface area (Å²) in [5.74, 6) is -0.223. The first-order valence-electron chi connectivity index (χ1n) is 9.83. The summed E-state index contributed by atoms with van der Waals surface area (Å²) < 4.78 is 16.3. The molecule has 4 rings (SSSR count). The number of ether oxygens (including phenoxy) is 2. The largest absolute Gasteiger partial charge is 0.497 e. The third-order valence-electron chi connectivity index (χ3n) is 4.82. The van der Waals surface area contributed by atoms with Gasteiger partial charge in [0.1, 0.15) is 17.1 Å². The molecule has 0 saturated carbocycles. The van der Waals surface area contributed by atoms with E-state index < -0.39 is 23.2 Å². The number of fused-ring (bicyclic) bond motifs is 1. The van der Waals surface area contributed by atoms with Crippen molar-refractivity contribution in [1.29, 1.82) is 0 Å². The number of para-hydroxylation sites is 1. The third-order valence-corrected chi connectivity index (χ3v) is 4.82. The van der Waals surface area contributed by atoms with Crippen molar-refractivity contribution in [3.8, 4) is 11.5 Å². The topological polar surface area (TPSA) is 121 Å². The predicted octanol–water partition coefficient (Wildman–Crippen LogP) is 4.60. The van der Waals surface area contributed by atoms with Crippen molar-refractivity contribution in [3.05, 3.63) is 94.2 Å². The maximum absolute atomic E-state index is 13.1. The van der Waals surface area contributed by atoms with Crippen molar-refractivity contribution in [1.82, 2.24) is 0 Å². The Morgan fingerprint density at radius 3 is 2.48 bits per heavy atom. The molecule has 1 heterocycles. The lowest BCUT2D eigenvalue weighted by atomic mass is 10.1. The molecule has 0 unspecified atom stereocenters. The molecule has 1 N–H and O–H groups in total. The first-order chi connectivity index (χ1) is 16.0. The summed E-state index contributed by atoms with van der Waals surface area (Å²) in [6.45, 7) is -0.420. The number of nitro groups is 1. The van der Waals surface area contributed by atoms with Gasteiger partial charge >= 0.3 is 0 Å². The third kappa shape index (κ3) is 4.67. The molecule has 0 radical (unpaired) electrons. The van der Waals surface area contributed by atoms with Gasteiger partial charge in [-0.3, -0.25) is 19.7 Å². The second kappa shape index (κ2) is 9.23. The molecule has 4 aromatic rings. The molecule has 0 bridgehead atoms. The zero-order valence-electron chi connectivity index (χ0n) is 17.4. The Morgan fingerprint density at radius 1 is 1.00 bits per heavy atom. The van der Waals surface area contributed by atoms with Crippen molar-refractivity contribution in [2.24, 2.45) is 0 Å². The molecule has 9 heteroatoms. The lowest BCUT2D eigenvalue weighted by molar-refractivity contribution is -0.384. The van der Waals surface area contributed by atoms with Gasteiger partial charge in [-0.05, 0) is 42.5 Å². The highest BCUT2D eigenvalue weighted by Gasteiger charge is 2.23. The summed E-state index contributed by atoms with van der Waals surface area (Å²) >= 11 is 0. The Labute approximate surface area is 187 Å². The van der Waals surface area contributed by atoms with Gasteiger partial charge in [0.2, 0.25) is 5.78 Å². The van der Waals surface area contributed by atoms with Gasteiger partial charge in [0.25, 0.3) is 11.6 Å². The number of nitrogens with zero attached hydrogens (tertiary/aromatic N) is 1. The smallest absolute Gasteiger partial charge is 0.273 e. The molecule has 0 aliphatic rings. The van der Waals surface area contributed by atoms with Gasteiger partial charge in [-0.1, -0.05) is 18.2 Å². The first-order valence-corrected chi connectivity index (χ1v) is 9.83. The van der Waals surface area contributed by atoms with Crippen LogP contribution in [0.5, 0.6) is 11.5 Å². The number of non-ortho nitro benzene ring substituents is 1. The summed E-state index contributed by atoms with van der Waals surface area (Å²) in [6.07, 6.45) is 0. The average molecular weight is 446 g/mol. The van der Waals surface area contributed by atoms with Crippen LogP contribution >= 0.6 is 0 Å². The number of anilines is 1. The van der Waals surface area contributed by atoms with Gasteiger partial charge in [0.15, 0.2) is 12.4 Å². The Bertz CT molecular complexity index is 1340. The fourth-order valence-corrected chi connectivity index (χ4v) is 3.21.